The topological polar surface area (TPSA) is 12.0 Å². The smallest absolute Gasteiger partial charge is 0.306 e. The minimum Gasteiger partial charge on any atom is -0.306 e. The molecule has 0 amide bonds. The van der Waals surface area contributed by atoms with Gasteiger partial charge in [0.1, 0.15) is 5.82 Å². The van der Waals surface area contributed by atoms with Gasteiger partial charge in [-0.3, -0.25) is 0 Å². The van der Waals surface area contributed by atoms with Crippen LogP contribution < -0.4 is 5.32 Å². The highest BCUT2D eigenvalue weighted by molar-refractivity contribution is 7.10. The molecule has 114 valence electrons. The molecule has 1 nitrogen and oxygen atoms in total. The number of hydrogen-bond acceptors (Lipinski definition) is 2. The molecule has 6 heteroatoms. The monoisotopic (exact) mass is 317 g/mol. The van der Waals surface area contributed by atoms with Gasteiger partial charge >= 0.3 is 6.18 Å². The van der Waals surface area contributed by atoms with Crippen LogP contribution in [0.4, 0.5) is 17.6 Å². The number of thiophene rings is 1. The maximum Gasteiger partial charge on any atom is 0.416 e. The zero-order valence-corrected chi connectivity index (χ0v) is 12.4. The van der Waals surface area contributed by atoms with Crippen LogP contribution in [0.2, 0.25) is 0 Å². The lowest BCUT2D eigenvalue weighted by atomic mass is 9.98. The van der Waals surface area contributed by atoms with Gasteiger partial charge in [-0.05, 0) is 48.7 Å². The SMILES string of the molecule is CCNC(c1csc(C)c1)c1cc(C(F)(F)F)ccc1F. The van der Waals surface area contributed by atoms with Crippen LogP contribution in [0.3, 0.4) is 0 Å². The fraction of sp³-hybridized carbons (Fsp3) is 0.333. The molecule has 0 saturated heterocycles. The highest BCUT2D eigenvalue weighted by Crippen LogP contribution is 2.34. The maximum atomic E-state index is 14.0. The Bertz CT molecular complexity index is 618. The van der Waals surface area contributed by atoms with Crippen LogP contribution in [0.15, 0.2) is 29.6 Å². The quantitative estimate of drug-likeness (QED) is 0.790. The van der Waals surface area contributed by atoms with Crippen molar-refractivity contribution >= 4 is 11.3 Å². The molecule has 0 radical (unpaired) electrons. The molecule has 1 heterocycles. The Balaban J connectivity index is 2.49. The van der Waals surface area contributed by atoms with Crippen LogP contribution in [-0.4, -0.2) is 6.54 Å². The van der Waals surface area contributed by atoms with Gasteiger partial charge in [0.25, 0.3) is 0 Å². The van der Waals surface area contributed by atoms with Crippen LogP contribution in [0.1, 0.15) is 34.5 Å². The number of nitrogens with one attached hydrogen (secondary N) is 1. The van der Waals surface area contributed by atoms with Crippen molar-refractivity contribution in [2.24, 2.45) is 0 Å². The van der Waals surface area contributed by atoms with Crippen LogP contribution in [0, 0.1) is 12.7 Å². The molecular formula is C15H15F4NS. The fourth-order valence-electron chi connectivity index (χ4n) is 2.17. The highest BCUT2D eigenvalue weighted by atomic mass is 32.1. The lowest BCUT2D eigenvalue weighted by Gasteiger charge is -2.19. The molecule has 0 spiro atoms. The minimum atomic E-state index is -4.48. The zero-order valence-electron chi connectivity index (χ0n) is 11.6. The molecule has 1 unspecified atom stereocenters. The largest absolute Gasteiger partial charge is 0.416 e. The highest BCUT2D eigenvalue weighted by Gasteiger charge is 2.32. The third-order valence-electron chi connectivity index (χ3n) is 3.13. The number of benzene rings is 1. The van der Waals surface area contributed by atoms with E-state index in [9.17, 15) is 17.6 Å². The standard InChI is InChI=1S/C15H15F4NS/c1-3-20-14(10-6-9(2)21-8-10)12-7-11(15(17,18)19)4-5-13(12)16/h4-8,14,20H,3H2,1-2H3. The summed E-state index contributed by atoms with van der Waals surface area (Å²) in [5.74, 6) is -0.641. The van der Waals surface area contributed by atoms with Crippen molar-refractivity contribution in [1.29, 1.82) is 0 Å². The summed E-state index contributed by atoms with van der Waals surface area (Å²) in [5.41, 5.74) is -0.0456. The lowest BCUT2D eigenvalue weighted by molar-refractivity contribution is -0.137. The van der Waals surface area contributed by atoms with Crippen LogP contribution in [-0.2, 0) is 6.18 Å². The number of halogens is 4. The first-order valence-corrected chi connectivity index (χ1v) is 7.36. The molecule has 2 aromatic rings. The van der Waals surface area contributed by atoms with Gasteiger partial charge in [0.15, 0.2) is 0 Å². The van der Waals surface area contributed by atoms with Gasteiger partial charge in [-0.15, -0.1) is 11.3 Å². The van der Waals surface area contributed by atoms with Crippen LogP contribution in [0.25, 0.3) is 0 Å². The molecule has 0 aliphatic heterocycles. The molecule has 0 aliphatic rings. The molecule has 1 atom stereocenters. The van der Waals surface area contributed by atoms with Gasteiger partial charge in [-0.1, -0.05) is 6.92 Å². The molecule has 0 aliphatic carbocycles. The second-order valence-electron chi connectivity index (χ2n) is 4.72. The Labute approximate surface area is 124 Å². The van der Waals surface area contributed by atoms with Crippen molar-refractivity contribution in [3.63, 3.8) is 0 Å². The van der Waals surface area contributed by atoms with Gasteiger partial charge < -0.3 is 5.32 Å². The van der Waals surface area contributed by atoms with E-state index in [1.54, 1.807) is 0 Å². The van der Waals surface area contributed by atoms with E-state index in [-0.39, 0.29) is 5.56 Å². The van der Waals surface area contributed by atoms with E-state index in [1.807, 2.05) is 25.3 Å². The van der Waals surface area contributed by atoms with E-state index in [0.717, 1.165) is 28.6 Å². The summed E-state index contributed by atoms with van der Waals surface area (Å²) in [6.45, 7) is 4.26. The van der Waals surface area contributed by atoms with E-state index in [2.05, 4.69) is 5.32 Å². The van der Waals surface area contributed by atoms with Crippen molar-refractivity contribution in [3.8, 4) is 0 Å². The second-order valence-corrected chi connectivity index (χ2v) is 5.83. The molecule has 0 saturated carbocycles. The van der Waals surface area contributed by atoms with Crippen molar-refractivity contribution in [3.05, 3.63) is 57.0 Å². The minimum absolute atomic E-state index is 0.0180. The van der Waals surface area contributed by atoms with Crippen LogP contribution >= 0.6 is 11.3 Å². The summed E-state index contributed by atoms with van der Waals surface area (Å²) in [7, 11) is 0. The van der Waals surface area contributed by atoms with Crippen molar-refractivity contribution in [1.82, 2.24) is 5.32 Å². The van der Waals surface area contributed by atoms with Crippen molar-refractivity contribution < 1.29 is 17.6 Å². The Kier molecular flexibility index (Phi) is 4.68. The molecule has 21 heavy (non-hydrogen) atoms. The molecule has 2 rings (SSSR count). The summed E-state index contributed by atoms with van der Waals surface area (Å²) in [6.07, 6.45) is -4.48. The first kappa shape index (κ1) is 16.0. The average molecular weight is 317 g/mol. The fourth-order valence-corrected chi connectivity index (χ4v) is 2.90. The number of aryl methyl sites for hydroxylation is 1. The Morgan fingerprint density at radius 1 is 1.24 bits per heavy atom. The van der Waals surface area contributed by atoms with Gasteiger partial charge in [-0.2, -0.15) is 13.2 Å². The summed E-state index contributed by atoms with van der Waals surface area (Å²) in [4.78, 5) is 1.03. The zero-order chi connectivity index (χ0) is 15.6. The molecule has 1 aromatic heterocycles. The Hall–Kier alpha value is -1.40. The molecule has 0 bridgehead atoms. The average Bonchev–Trinajstić information content (AvgIpc) is 2.82. The van der Waals surface area contributed by atoms with Gasteiger partial charge in [0.2, 0.25) is 0 Å². The Morgan fingerprint density at radius 2 is 1.95 bits per heavy atom. The summed E-state index contributed by atoms with van der Waals surface area (Å²) < 4.78 is 52.5. The first-order chi connectivity index (χ1) is 9.82. The summed E-state index contributed by atoms with van der Waals surface area (Å²) in [5, 5.41) is 4.88. The third-order valence-corrected chi connectivity index (χ3v) is 4.01. The summed E-state index contributed by atoms with van der Waals surface area (Å²) in [6, 6.07) is 3.80. The maximum absolute atomic E-state index is 14.0. The van der Waals surface area contributed by atoms with E-state index >= 15 is 0 Å². The molecular weight excluding hydrogens is 302 g/mol. The predicted octanol–water partition coefficient (Wildman–Crippen LogP) is 4.91. The lowest BCUT2D eigenvalue weighted by Crippen LogP contribution is -2.23. The normalized spacial score (nSPS) is 13.4. The van der Waals surface area contributed by atoms with E-state index in [0.29, 0.717) is 6.54 Å². The number of hydrogen-bond donors (Lipinski definition) is 1. The van der Waals surface area contributed by atoms with E-state index in [1.165, 1.54) is 11.3 Å². The van der Waals surface area contributed by atoms with Crippen molar-refractivity contribution in [2.45, 2.75) is 26.1 Å². The summed E-state index contributed by atoms with van der Waals surface area (Å²) >= 11 is 1.48. The second kappa shape index (κ2) is 6.15. The van der Waals surface area contributed by atoms with Gasteiger partial charge in [0, 0.05) is 10.4 Å². The Morgan fingerprint density at radius 3 is 2.48 bits per heavy atom. The molecule has 1 aromatic carbocycles. The van der Waals surface area contributed by atoms with E-state index < -0.39 is 23.6 Å². The first-order valence-electron chi connectivity index (χ1n) is 6.48. The number of rotatable bonds is 4. The third kappa shape index (κ3) is 3.63. The van der Waals surface area contributed by atoms with Gasteiger partial charge in [-0.25, -0.2) is 4.39 Å². The predicted molar refractivity (Wildman–Crippen MR) is 76.0 cm³/mol. The molecule has 1 N–H and O–H groups in total. The van der Waals surface area contributed by atoms with Crippen molar-refractivity contribution in [2.75, 3.05) is 6.54 Å². The van der Waals surface area contributed by atoms with Crippen LogP contribution in [0.5, 0.6) is 0 Å². The van der Waals surface area contributed by atoms with Gasteiger partial charge in [0.05, 0.1) is 11.6 Å². The number of alkyl halides is 3. The van der Waals surface area contributed by atoms with E-state index in [4.69, 9.17) is 0 Å². The molecule has 0 fully saturated rings.